The molecule has 0 unspecified atom stereocenters. The number of anilines is 2. The number of hydrogen-bond donors (Lipinski definition) is 2. The van der Waals surface area contributed by atoms with Crippen LogP contribution in [0.15, 0.2) is 24.8 Å². The van der Waals surface area contributed by atoms with Crippen LogP contribution < -0.4 is 11.1 Å². The van der Waals surface area contributed by atoms with Crippen molar-refractivity contribution in [2.24, 2.45) is 0 Å². The molecular formula is C10H14N6. The molecule has 0 saturated heterocycles. The highest BCUT2D eigenvalue weighted by atomic mass is 15.3. The van der Waals surface area contributed by atoms with Crippen molar-refractivity contribution < 1.29 is 0 Å². The Hall–Kier alpha value is -2.11. The molecule has 16 heavy (non-hydrogen) atoms. The van der Waals surface area contributed by atoms with E-state index in [1.54, 1.807) is 6.07 Å². The summed E-state index contributed by atoms with van der Waals surface area (Å²) in [5.74, 6) is 1.20. The number of nitrogens with two attached hydrogens (primary N) is 1. The largest absolute Gasteiger partial charge is 0.384 e. The van der Waals surface area contributed by atoms with Crippen LogP contribution in [-0.4, -0.2) is 26.3 Å². The van der Waals surface area contributed by atoms with Gasteiger partial charge in [-0.15, -0.1) is 0 Å². The number of rotatable bonds is 4. The van der Waals surface area contributed by atoms with Gasteiger partial charge in [0.15, 0.2) is 0 Å². The van der Waals surface area contributed by atoms with Gasteiger partial charge in [-0.1, -0.05) is 0 Å². The SMILES string of the molecule is Cc1cnn(CCNc2cc(N)ncn2)c1. The van der Waals surface area contributed by atoms with Crippen molar-refractivity contribution in [1.82, 2.24) is 19.7 Å². The summed E-state index contributed by atoms with van der Waals surface area (Å²) >= 11 is 0. The summed E-state index contributed by atoms with van der Waals surface area (Å²) in [6.07, 6.45) is 5.27. The zero-order valence-electron chi connectivity index (χ0n) is 9.09. The van der Waals surface area contributed by atoms with E-state index in [2.05, 4.69) is 20.4 Å². The van der Waals surface area contributed by atoms with Crippen LogP contribution in [0.2, 0.25) is 0 Å². The van der Waals surface area contributed by atoms with Crippen molar-refractivity contribution in [2.75, 3.05) is 17.6 Å². The first-order chi connectivity index (χ1) is 7.74. The minimum Gasteiger partial charge on any atom is -0.384 e. The van der Waals surface area contributed by atoms with Crippen LogP contribution >= 0.6 is 0 Å². The van der Waals surface area contributed by atoms with Gasteiger partial charge >= 0.3 is 0 Å². The third kappa shape index (κ3) is 2.69. The zero-order chi connectivity index (χ0) is 11.4. The van der Waals surface area contributed by atoms with Gasteiger partial charge in [0.25, 0.3) is 0 Å². The molecular weight excluding hydrogens is 204 g/mol. The van der Waals surface area contributed by atoms with E-state index in [0.29, 0.717) is 5.82 Å². The van der Waals surface area contributed by atoms with Gasteiger partial charge in [-0.25, -0.2) is 9.97 Å². The van der Waals surface area contributed by atoms with Gasteiger partial charge in [-0.2, -0.15) is 5.10 Å². The quantitative estimate of drug-likeness (QED) is 0.788. The van der Waals surface area contributed by atoms with Crippen LogP contribution in [0.4, 0.5) is 11.6 Å². The molecule has 6 heteroatoms. The van der Waals surface area contributed by atoms with Crippen LogP contribution in [0.1, 0.15) is 5.56 Å². The Morgan fingerprint density at radius 1 is 1.44 bits per heavy atom. The predicted octanol–water partition coefficient (Wildman–Crippen LogP) is 0.676. The molecule has 84 valence electrons. The maximum Gasteiger partial charge on any atom is 0.131 e. The molecule has 2 heterocycles. The molecule has 0 atom stereocenters. The summed E-state index contributed by atoms with van der Waals surface area (Å²) < 4.78 is 1.88. The number of nitrogen functional groups attached to an aromatic ring is 1. The fourth-order valence-electron chi connectivity index (χ4n) is 1.36. The number of nitrogens with zero attached hydrogens (tertiary/aromatic N) is 4. The summed E-state index contributed by atoms with van der Waals surface area (Å²) in [5, 5.41) is 7.34. The maximum absolute atomic E-state index is 5.54. The Morgan fingerprint density at radius 2 is 2.31 bits per heavy atom. The fraction of sp³-hybridized carbons (Fsp3) is 0.300. The first kappa shape index (κ1) is 10.4. The van der Waals surface area contributed by atoms with Gasteiger partial charge in [0.05, 0.1) is 12.7 Å². The second-order valence-electron chi connectivity index (χ2n) is 3.54. The van der Waals surface area contributed by atoms with Crippen molar-refractivity contribution in [2.45, 2.75) is 13.5 Å². The average Bonchev–Trinajstić information content (AvgIpc) is 2.64. The highest BCUT2D eigenvalue weighted by Crippen LogP contribution is 2.04. The number of nitrogens with one attached hydrogen (secondary N) is 1. The second-order valence-corrected chi connectivity index (χ2v) is 3.54. The molecule has 0 aromatic carbocycles. The Balaban J connectivity index is 1.84. The fourth-order valence-corrected chi connectivity index (χ4v) is 1.36. The van der Waals surface area contributed by atoms with Crippen molar-refractivity contribution >= 4 is 11.6 Å². The average molecular weight is 218 g/mol. The van der Waals surface area contributed by atoms with E-state index >= 15 is 0 Å². The first-order valence-electron chi connectivity index (χ1n) is 5.04. The number of aromatic nitrogens is 4. The van der Waals surface area contributed by atoms with E-state index in [4.69, 9.17) is 5.73 Å². The minimum absolute atomic E-state index is 0.465. The van der Waals surface area contributed by atoms with E-state index in [-0.39, 0.29) is 0 Å². The van der Waals surface area contributed by atoms with Crippen LogP contribution in [0.25, 0.3) is 0 Å². The van der Waals surface area contributed by atoms with Gasteiger partial charge in [-0.3, -0.25) is 4.68 Å². The third-order valence-corrected chi connectivity index (χ3v) is 2.10. The Morgan fingerprint density at radius 3 is 3.00 bits per heavy atom. The lowest BCUT2D eigenvalue weighted by molar-refractivity contribution is 0.636. The van der Waals surface area contributed by atoms with E-state index in [9.17, 15) is 0 Å². The summed E-state index contributed by atoms with van der Waals surface area (Å²) in [4.78, 5) is 7.86. The molecule has 0 amide bonds. The molecule has 0 fully saturated rings. The Bertz CT molecular complexity index is 464. The van der Waals surface area contributed by atoms with Gasteiger partial charge < -0.3 is 11.1 Å². The molecule has 2 rings (SSSR count). The molecule has 0 aliphatic carbocycles. The lowest BCUT2D eigenvalue weighted by atomic mass is 10.4. The lowest BCUT2D eigenvalue weighted by Gasteiger charge is -2.05. The molecule has 0 saturated carbocycles. The van der Waals surface area contributed by atoms with Gasteiger partial charge in [0.1, 0.15) is 18.0 Å². The van der Waals surface area contributed by atoms with Crippen LogP contribution in [0.3, 0.4) is 0 Å². The monoisotopic (exact) mass is 218 g/mol. The predicted molar refractivity (Wildman–Crippen MR) is 61.9 cm³/mol. The minimum atomic E-state index is 0.465. The molecule has 0 aliphatic rings. The molecule has 0 bridgehead atoms. The van der Waals surface area contributed by atoms with E-state index in [0.717, 1.165) is 24.5 Å². The normalized spacial score (nSPS) is 10.3. The van der Waals surface area contributed by atoms with E-state index in [1.165, 1.54) is 6.33 Å². The smallest absolute Gasteiger partial charge is 0.131 e. The summed E-state index contributed by atoms with van der Waals surface area (Å²) in [6.45, 7) is 3.55. The molecule has 2 aromatic rings. The Kier molecular flexibility index (Phi) is 3.00. The second kappa shape index (κ2) is 4.61. The van der Waals surface area contributed by atoms with Crippen LogP contribution in [0.5, 0.6) is 0 Å². The first-order valence-corrected chi connectivity index (χ1v) is 5.04. The molecule has 2 aromatic heterocycles. The van der Waals surface area contributed by atoms with Crippen molar-refractivity contribution in [3.8, 4) is 0 Å². The molecule has 0 radical (unpaired) electrons. The van der Waals surface area contributed by atoms with E-state index < -0.39 is 0 Å². The van der Waals surface area contributed by atoms with Crippen molar-refractivity contribution in [3.63, 3.8) is 0 Å². The number of hydrogen-bond acceptors (Lipinski definition) is 5. The molecule has 0 spiro atoms. The van der Waals surface area contributed by atoms with Crippen LogP contribution in [-0.2, 0) is 6.54 Å². The third-order valence-electron chi connectivity index (χ3n) is 2.10. The molecule has 3 N–H and O–H groups in total. The zero-order valence-corrected chi connectivity index (χ0v) is 9.09. The van der Waals surface area contributed by atoms with Gasteiger partial charge in [0.2, 0.25) is 0 Å². The van der Waals surface area contributed by atoms with Gasteiger partial charge in [-0.05, 0) is 12.5 Å². The summed E-state index contributed by atoms with van der Waals surface area (Å²) in [5.41, 5.74) is 6.69. The standard InChI is InChI=1S/C10H14N6/c1-8-5-15-16(6-8)3-2-12-10-4-9(11)13-7-14-10/h4-7H,2-3H2,1H3,(H3,11,12,13,14). The van der Waals surface area contributed by atoms with Crippen LogP contribution in [0, 0.1) is 6.92 Å². The lowest BCUT2D eigenvalue weighted by Crippen LogP contribution is -2.11. The van der Waals surface area contributed by atoms with Crippen molar-refractivity contribution in [1.29, 1.82) is 0 Å². The topological polar surface area (TPSA) is 81.7 Å². The molecule has 0 aliphatic heterocycles. The molecule has 6 nitrogen and oxygen atoms in total. The van der Waals surface area contributed by atoms with Gasteiger partial charge in [0, 0.05) is 18.8 Å². The summed E-state index contributed by atoms with van der Waals surface area (Å²) in [7, 11) is 0. The van der Waals surface area contributed by atoms with Crippen molar-refractivity contribution in [3.05, 3.63) is 30.4 Å². The van der Waals surface area contributed by atoms with E-state index in [1.807, 2.05) is 24.0 Å². The number of aryl methyl sites for hydroxylation is 1. The Labute approximate surface area is 93.5 Å². The maximum atomic E-state index is 5.54. The highest BCUT2D eigenvalue weighted by molar-refractivity contribution is 5.42. The highest BCUT2D eigenvalue weighted by Gasteiger charge is 1.96. The summed E-state index contributed by atoms with van der Waals surface area (Å²) in [6, 6.07) is 1.70.